The highest BCUT2D eigenvalue weighted by Gasteiger charge is 2.14. The molecule has 0 spiro atoms. The molecule has 0 unspecified atom stereocenters. The highest BCUT2D eigenvalue weighted by molar-refractivity contribution is 6.30. The van der Waals surface area contributed by atoms with Crippen molar-refractivity contribution in [2.24, 2.45) is 5.10 Å². The average molecular weight is 449 g/mol. The van der Waals surface area contributed by atoms with Crippen LogP contribution in [-0.2, 0) is 6.61 Å². The van der Waals surface area contributed by atoms with E-state index in [2.05, 4.69) is 20.7 Å². The highest BCUT2D eigenvalue weighted by Crippen LogP contribution is 2.29. The molecule has 32 heavy (non-hydrogen) atoms. The summed E-state index contributed by atoms with van der Waals surface area (Å²) in [6.07, 6.45) is 1.43. The van der Waals surface area contributed by atoms with Crippen LogP contribution in [-0.4, -0.2) is 22.3 Å². The number of H-pyrrole nitrogens is 1. The smallest absolute Gasteiger partial charge is 0.289 e. The van der Waals surface area contributed by atoms with E-state index >= 15 is 0 Å². The van der Waals surface area contributed by atoms with Gasteiger partial charge in [-0.3, -0.25) is 9.89 Å². The number of benzene rings is 3. The lowest BCUT2D eigenvalue weighted by molar-refractivity contribution is 0.0950. The topological polar surface area (TPSA) is 79.4 Å². The van der Waals surface area contributed by atoms with Gasteiger partial charge in [0.25, 0.3) is 5.91 Å². The Bertz CT molecular complexity index is 1240. The molecule has 0 atom stereocenters. The molecule has 0 aliphatic heterocycles. The molecule has 1 heterocycles. The molecule has 0 saturated heterocycles. The number of para-hydroxylation sites is 1. The number of halogens is 2. The predicted octanol–water partition coefficient (Wildman–Crippen LogP) is 5.21. The third-order valence-electron chi connectivity index (χ3n) is 4.54. The number of aromatic nitrogens is 2. The average Bonchev–Trinajstić information content (AvgIpc) is 3.30. The number of nitrogens with zero attached hydrogens (tertiary/aromatic N) is 2. The largest absolute Gasteiger partial charge is 0.488 e. The number of carbonyl (C=O) groups excluding carboxylic acids is 1. The van der Waals surface area contributed by atoms with Crippen molar-refractivity contribution >= 4 is 23.7 Å². The van der Waals surface area contributed by atoms with E-state index in [1.54, 1.807) is 18.2 Å². The highest BCUT2D eigenvalue weighted by atomic mass is 35.5. The maximum Gasteiger partial charge on any atom is 0.289 e. The summed E-state index contributed by atoms with van der Waals surface area (Å²) in [6.45, 7) is 0.365. The minimum absolute atomic E-state index is 0.240. The second-order valence-corrected chi connectivity index (χ2v) is 7.27. The number of carbonyl (C=O) groups is 1. The van der Waals surface area contributed by atoms with Crippen LogP contribution < -0.4 is 10.2 Å². The van der Waals surface area contributed by atoms with Gasteiger partial charge in [-0.25, -0.2) is 9.82 Å². The van der Waals surface area contributed by atoms with Crippen LogP contribution in [0.1, 0.15) is 21.6 Å². The first-order valence-electron chi connectivity index (χ1n) is 9.69. The summed E-state index contributed by atoms with van der Waals surface area (Å²) in [5.74, 6) is -0.162. The number of rotatable bonds is 7. The molecule has 1 amide bonds. The van der Waals surface area contributed by atoms with Crippen molar-refractivity contribution in [3.05, 3.63) is 107 Å². The molecular weight excluding hydrogens is 431 g/mol. The summed E-state index contributed by atoms with van der Waals surface area (Å²) in [4.78, 5) is 12.4. The maximum atomic E-state index is 12.9. The molecule has 0 aliphatic carbocycles. The fraction of sp³-hybridized carbons (Fsp3) is 0.0417. The van der Waals surface area contributed by atoms with Gasteiger partial charge >= 0.3 is 0 Å². The minimum Gasteiger partial charge on any atom is -0.488 e. The summed E-state index contributed by atoms with van der Waals surface area (Å²) in [5, 5.41) is 11.5. The Balaban J connectivity index is 1.43. The Labute approximate surface area is 188 Å². The van der Waals surface area contributed by atoms with Gasteiger partial charge in [0.1, 0.15) is 23.9 Å². The Morgan fingerprint density at radius 1 is 1.09 bits per heavy atom. The van der Waals surface area contributed by atoms with E-state index in [1.807, 2.05) is 48.5 Å². The van der Waals surface area contributed by atoms with Gasteiger partial charge < -0.3 is 4.74 Å². The van der Waals surface area contributed by atoms with Crippen LogP contribution >= 0.6 is 11.6 Å². The van der Waals surface area contributed by atoms with Crippen molar-refractivity contribution in [3.8, 4) is 17.0 Å². The number of hydrogen-bond donors (Lipinski definition) is 2. The molecule has 4 rings (SSSR count). The minimum atomic E-state index is -0.457. The summed E-state index contributed by atoms with van der Waals surface area (Å²) < 4.78 is 18.9. The Morgan fingerprint density at radius 2 is 1.84 bits per heavy atom. The number of ether oxygens (including phenoxy) is 1. The molecule has 3 aromatic carbocycles. The quantitative estimate of drug-likeness (QED) is 0.301. The SMILES string of the molecule is O=C(NN=Cc1ccc(F)cc1)c1cc(-c2ccccc2OCc2ccc(Cl)cc2)n[nH]1. The molecule has 2 N–H and O–H groups in total. The fourth-order valence-corrected chi connectivity index (χ4v) is 3.02. The van der Waals surface area contributed by atoms with Gasteiger partial charge in [-0.05, 0) is 53.6 Å². The van der Waals surface area contributed by atoms with Gasteiger partial charge in [0, 0.05) is 10.6 Å². The van der Waals surface area contributed by atoms with Crippen molar-refractivity contribution in [1.82, 2.24) is 15.6 Å². The van der Waals surface area contributed by atoms with E-state index in [0.717, 1.165) is 11.1 Å². The molecule has 0 bridgehead atoms. The summed E-state index contributed by atoms with van der Waals surface area (Å²) in [7, 11) is 0. The van der Waals surface area contributed by atoms with Crippen LogP contribution in [0.15, 0.2) is 84.0 Å². The van der Waals surface area contributed by atoms with Gasteiger partial charge in [-0.1, -0.05) is 48.0 Å². The standard InChI is InChI=1S/C24H18ClFN4O2/c25-18-9-5-17(6-10-18)15-32-23-4-2-1-3-20(23)21-13-22(29-28-21)24(31)30-27-14-16-7-11-19(26)12-8-16/h1-14H,15H2,(H,28,29)(H,30,31). The van der Waals surface area contributed by atoms with E-state index in [4.69, 9.17) is 16.3 Å². The second kappa shape index (κ2) is 9.89. The van der Waals surface area contributed by atoms with Gasteiger partial charge in [0.15, 0.2) is 0 Å². The van der Waals surface area contributed by atoms with Gasteiger partial charge in [0.05, 0.1) is 11.9 Å². The van der Waals surface area contributed by atoms with E-state index < -0.39 is 5.91 Å². The van der Waals surface area contributed by atoms with E-state index in [0.29, 0.717) is 28.6 Å². The normalized spacial score (nSPS) is 10.9. The molecule has 0 fully saturated rings. The summed E-state index contributed by atoms with van der Waals surface area (Å²) >= 11 is 5.92. The summed E-state index contributed by atoms with van der Waals surface area (Å²) in [6, 6.07) is 22.2. The lowest BCUT2D eigenvalue weighted by atomic mass is 10.1. The number of hydrogen-bond acceptors (Lipinski definition) is 4. The van der Waals surface area contributed by atoms with E-state index in [1.165, 1.54) is 18.3 Å². The Kier molecular flexibility index (Phi) is 6.57. The monoisotopic (exact) mass is 448 g/mol. The number of aromatic amines is 1. The molecular formula is C24H18ClFN4O2. The molecule has 8 heteroatoms. The first-order valence-corrected chi connectivity index (χ1v) is 10.1. The number of hydrazone groups is 1. The van der Waals surface area contributed by atoms with Crippen LogP contribution in [0, 0.1) is 5.82 Å². The summed E-state index contributed by atoms with van der Waals surface area (Å²) in [5.41, 5.74) is 5.59. The van der Waals surface area contributed by atoms with Crippen molar-refractivity contribution < 1.29 is 13.9 Å². The number of amides is 1. The van der Waals surface area contributed by atoms with Crippen LogP contribution in [0.2, 0.25) is 5.02 Å². The zero-order chi connectivity index (χ0) is 22.3. The maximum absolute atomic E-state index is 12.9. The van der Waals surface area contributed by atoms with Crippen LogP contribution in [0.25, 0.3) is 11.3 Å². The van der Waals surface area contributed by atoms with Crippen molar-refractivity contribution in [2.75, 3.05) is 0 Å². The molecule has 4 aromatic rings. The van der Waals surface area contributed by atoms with E-state index in [-0.39, 0.29) is 11.5 Å². The molecule has 1 aromatic heterocycles. The van der Waals surface area contributed by atoms with Crippen LogP contribution in [0.4, 0.5) is 4.39 Å². The molecule has 0 saturated carbocycles. The Morgan fingerprint density at radius 3 is 2.62 bits per heavy atom. The van der Waals surface area contributed by atoms with Gasteiger partial charge in [0.2, 0.25) is 0 Å². The van der Waals surface area contributed by atoms with Crippen molar-refractivity contribution in [3.63, 3.8) is 0 Å². The lowest BCUT2D eigenvalue weighted by Crippen LogP contribution is -2.17. The van der Waals surface area contributed by atoms with Gasteiger partial charge in [-0.15, -0.1) is 0 Å². The predicted molar refractivity (Wildman–Crippen MR) is 121 cm³/mol. The first kappa shape index (κ1) is 21.3. The van der Waals surface area contributed by atoms with Gasteiger partial charge in [-0.2, -0.15) is 10.2 Å². The van der Waals surface area contributed by atoms with E-state index in [9.17, 15) is 9.18 Å². The van der Waals surface area contributed by atoms with Crippen molar-refractivity contribution in [1.29, 1.82) is 0 Å². The first-order chi connectivity index (χ1) is 15.6. The molecule has 6 nitrogen and oxygen atoms in total. The fourth-order valence-electron chi connectivity index (χ4n) is 2.90. The van der Waals surface area contributed by atoms with Crippen molar-refractivity contribution in [2.45, 2.75) is 6.61 Å². The molecule has 160 valence electrons. The zero-order valence-electron chi connectivity index (χ0n) is 16.8. The van der Waals surface area contributed by atoms with Crippen LogP contribution in [0.3, 0.4) is 0 Å². The number of nitrogens with one attached hydrogen (secondary N) is 2. The molecule has 0 aliphatic rings. The zero-order valence-corrected chi connectivity index (χ0v) is 17.5. The van der Waals surface area contributed by atoms with Crippen LogP contribution in [0.5, 0.6) is 5.75 Å². The third-order valence-corrected chi connectivity index (χ3v) is 4.79. The molecule has 0 radical (unpaired) electrons. The third kappa shape index (κ3) is 5.39. The lowest BCUT2D eigenvalue weighted by Gasteiger charge is -2.10. The Hall–Kier alpha value is -3.97. The second-order valence-electron chi connectivity index (χ2n) is 6.83.